The van der Waals surface area contributed by atoms with Crippen LogP contribution in [0.25, 0.3) is 10.9 Å². The Morgan fingerprint density at radius 3 is 2.81 bits per heavy atom. The number of fused-ring (bicyclic) bond motifs is 1. The Bertz CT molecular complexity index is 771. The van der Waals surface area contributed by atoms with Gasteiger partial charge in [-0.05, 0) is 37.7 Å². The fourth-order valence-corrected chi connectivity index (χ4v) is 2.30. The predicted molar refractivity (Wildman–Crippen MR) is 83.6 cm³/mol. The molecule has 0 saturated carbocycles. The zero-order valence-corrected chi connectivity index (χ0v) is 12.1. The first kappa shape index (κ1) is 13.5. The standard InChI is InChI=1S/C17H17N3O/c1-12-16(8-5-9-19-12)21-17-10-13(11-18-2)14-6-3-4-7-15(14)20-17/h3-10,18H,11H2,1-2H3. The van der Waals surface area contributed by atoms with E-state index >= 15 is 0 Å². The summed E-state index contributed by atoms with van der Waals surface area (Å²) >= 11 is 0. The van der Waals surface area contributed by atoms with Crippen LogP contribution in [0.3, 0.4) is 0 Å². The van der Waals surface area contributed by atoms with Gasteiger partial charge >= 0.3 is 0 Å². The molecule has 0 fully saturated rings. The molecule has 0 aliphatic heterocycles. The van der Waals surface area contributed by atoms with Crippen molar-refractivity contribution in [2.24, 2.45) is 0 Å². The minimum Gasteiger partial charge on any atom is -0.437 e. The molecule has 3 aromatic rings. The summed E-state index contributed by atoms with van der Waals surface area (Å²) in [6.45, 7) is 2.69. The third-order valence-electron chi connectivity index (χ3n) is 3.32. The molecule has 0 spiro atoms. The van der Waals surface area contributed by atoms with Crippen LogP contribution in [0.5, 0.6) is 11.6 Å². The number of hydrogen-bond donors (Lipinski definition) is 1. The van der Waals surface area contributed by atoms with Crippen molar-refractivity contribution >= 4 is 10.9 Å². The first-order valence-corrected chi connectivity index (χ1v) is 6.90. The molecule has 106 valence electrons. The summed E-state index contributed by atoms with van der Waals surface area (Å²) < 4.78 is 5.90. The number of nitrogens with one attached hydrogen (secondary N) is 1. The Hall–Kier alpha value is -2.46. The van der Waals surface area contributed by atoms with E-state index in [0.29, 0.717) is 5.88 Å². The molecule has 21 heavy (non-hydrogen) atoms. The summed E-state index contributed by atoms with van der Waals surface area (Å²) in [7, 11) is 1.93. The molecule has 0 amide bonds. The van der Waals surface area contributed by atoms with Gasteiger partial charge in [-0.3, -0.25) is 4.98 Å². The number of aryl methyl sites for hydroxylation is 1. The van der Waals surface area contributed by atoms with Crippen molar-refractivity contribution in [3.63, 3.8) is 0 Å². The molecule has 0 aliphatic carbocycles. The second kappa shape index (κ2) is 5.89. The molecule has 3 rings (SSSR count). The number of rotatable bonds is 4. The molecular weight excluding hydrogens is 262 g/mol. The Morgan fingerprint density at radius 1 is 1.14 bits per heavy atom. The highest BCUT2D eigenvalue weighted by Gasteiger charge is 2.08. The molecule has 0 radical (unpaired) electrons. The highest BCUT2D eigenvalue weighted by molar-refractivity contribution is 5.82. The highest BCUT2D eigenvalue weighted by Crippen LogP contribution is 2.26. The zero-order chi connectivity index (χ0) is 14.7. The topological polar surface area (TPSA) is 47.0 Å². The van der Waals surface area contributed by atoms with Crippen molar-refractivity contribution in [3.05, 3.63) is 59.9 Å². The molecule has 0 aliphatic rings. The van der Waals surface area contributed by atoms with Gasteiger partial charge in [0, 0.05) is 24.2 Å². The highest BCUT2D eigenvalue weighted by atomic mass is 16.5. The van der Waals surface area contributed by atoms with E-state index in [-0.39, 0.29) is 0 Å². The minimum atomic E-state index is 0.593. The van der Waals surface area contributed by atoms with Crippen LogP contribution in [-0.2, 0) is 6.54 Å². The van der Waals surface area contributed by atoms with Crippen molar-refractivity contribution in [1.82, 2.24) is 15.3 Å². The molecule has 0 unspecified atom stereocenters. The number of para-hydroxylation sites is 1. The average Bonchev–Trinajstić information content (AvgIpc) is 2.50. The Morgan fingerprint density at radius 2 is 2.00 bits per heavy atom. The second-order valence-electron chi connectivity index (χ2n) is 4.86. The maximum atomic E-state index is 5.90. The lowest BCUT2D eigenvalue weighted by Gasteiger charge is -2.11. The van der Waals surface area contributed by atoms with E-state index in [2.05, 4.69) is 21.4 Å². The molecule has 4 heteroatoms. The summed E-state index contributed by atoms with van der Waals surface area (Å²) in [5.41, 5.74) is 2.95. The summed E-state index contributed by atoms with van der Waals surface area (Å²) in [5, 5.41) is 4.32. The van der Waals surface area contributed by atoms with Gasteiger partial charge in [-0.2, -0.15) is 0 Å². The van der Waals surface area contributed by atoms with E-state index in [4.69, 9.17) is 4.74 Å². The summed E-state index contributed by atoms with van der Waals surface area (Å²) in [6, 6.07) is 13.8. The minimum absolute atomic E-state index is 0.593. The van der Waals surface area contributed by atoms with E-state index in [9.17, 15) is 0 Å². The van der Waals surface area contributed by atoms with Gasteiger partial charge in [0.1, 0.15) is 0 Å². The number of nitrogens with zero attached hydrogens (tertiary/aromatic N) is 2. The Balaban J connectivity index is 2.05. The van der Waals surface area contributed by atoms with Crippen LogP contribution < -0.4 is 10.1 Å². The molecule has 1 aromatic carbocycles. The Labute approximate surface area is 123 Å². The molecule has 0 atom stereocenters. The van der Waals surface area contributed by atoms with Crippen molar-refractivity contribution in [2.75, 3.05) is 7.05 Å². The third-order valence-corrected chi connectivity index (χ3v) is 3.32. The number of pyridine rings is 2. The van der Waals surface area contributed by atoms with E-state index < -0.39 is 0 Å². The van der Waals surface area contributed by atoms with E-state index in [1.165, 1.54) is 5.56 Å². The SMILES string of the molecule is CNCc1cc(Oc2cccnc2C)nc2ccccc12. The first-order chi connectivity index (χ1) is 10.3. The number of hydrogen-bond acceptors (Lipinski definition) is 4. The van der Waals surface area contributed by atoms with Crippen molar-refractivity contribution in [1.29, 1.82) is 0 Å². The lowest BCUT2D eigenvalue weighted by atomic mass is 10.1. The average molecular weight is 279 g/mol. The van der Waals surface area contributed by atoms with Crippen LogP contribution in [0, 0.1) is 6.92 Å². The molecule has 0 saturated heterocycles. The summed E-state index contributed by atoms with van der Waals surface area (Å²) in [6.07, 6.45) is 1.75. The quantitative estimate of drug-likeness (QED) is 0.794. The summed E-state index contributed by atoms with van der Waals surface area (Å²) in [5.74, 6) is 1.32. The third kappa shape index (κ3) is 2.85. The largest absolute Gasteiger partial charge is 0.437 e. The van der Waals surface area contributed by atoms with Gasteiger partial charge in [0.25, 0.3) is 0 Å². The molecule has 4 nitrogen and oxygen atoms in total. The van der Waals surface area contributed by atoms with Crippen molar-refractivity contribution in [2.45, 2.75) is 13.5 Å². The van der Waals surface area contributed by atoms with Crippen molar-refractivity contribution < 1.29 is 4.74 Å². The number of aromatic nitrogens is 2. The van der Waals surface area contributed by atoms with Crippen LogP contribution in [0.15, 0.2) is 48.7 Å². The van der Waals surface area contributed by atoms with Gasteiger partial charge in [0.2, 0.25) is 5.88 Å². The van der Waals surface area contributed by atoms with Crippen LogP contribution in [0.4, 0.5) is 0 Å². The van der Waals surface area contributed by atoms with Gasteiger partial charge < -0.3 is 10.1 Å². The summed E-state index contributed by atoms with van der Waals surface area (Å²) in [4.78, 5) is 8.81. The number of benzene rings is 1. The van der Waals surface area contributed by atoms with Gasteiger partial charge in [-0.25, -0.2) is 4.98 Å². The predicted octanol–water partition coefficient (Wildman–Crippen LogP) is 3.45. The van der Waals surface area contributed by atoms with E-state index in [1.807, 2.05) is 50.4 Å². The van der Waals surface area contributed by atoms with Crippen molar-refractivity contribution in [3.8, 4) is 11.6 Å². The van der Waals surface area contributed by atoms with E-state index in [1.54, 1.807) is 6.20 Å². The maximum absolute atomic E-state index is 5.90. The van der Waals surface area contributed by atoms with Crippen LogP contribution >= 0.6 is 0 Å². The van der Waals surface area contributed by atoms with Gasteiger partial charge in [-0.15, -0.1) is 0 Å². The van der Waals surface area contributed by atoms with E-state index in [0.717, 1.165) is 28.9 Å². The molecule has 2 heterocycles. The molecular formula is C17H17N3O. The zero-order valence-electron chi connectivity index (χ0n) is 12.1. The monoisotopic (exact) mass is 279 g/mol. The Kier molecular flexibility index (Phi) is 3.79. The fourth-order valence-electron chi connectivity index (χ4n) is 2.30. The normalized spacial score (nSPS) is 10.8. The lowest BCUT2D eigenvalue weighted by Crippen LogP contribution is -2.06. The fraction of sp³-hybridized carbons (Fsp3) is 0.176. The van der Waals surface area contributed by atoms with Gasteiger partial charge in [0.05, 0.1) is 11.2 Å². The van der Waals surface area contributed by atoms with Gasteiger partial charge in [-0.1, -0.05) is 18.2 Å². The smallest absolute Gasteiger partial charge is 0.220 e. The first-order valence-electron chi connectivity index (χ1n) is 6.90. The molecule has 0 bridgehead atoms. The van der Waals surface area contributed by atoms with Gasteiger partial charge in [0.15, 0.2) is 5.75 Å². The van der Waals surface area contributed by atoms with Crippen LogP contribution in [0.1, 0.15) is 11.3 Å². The lowest BCUT2D eigenvalue weighted by molar-refractivity contribution is 0.458. The second-order valence-corrected chi connectivity index (χ2v) is 4.86. The molecule has 2 aromatic heterocycles. The maximum Gasteiger partial charge on any atom is 0.220 e. The molecule has 1 N–H and O–H groups in total. The van der Waals surface area contributed by atoms with Crippen LogP contribution in [-0.4, -0.2) is 17.0 Å². The van der Waals surface area contributed by atoms with Crippen LogP contribution in [0.2, 0.25) is 0 Å². The number of ether oxygens (including phenoxy) is 1.